The first-order valence-corrected chi connectivity index (χ1v) is 11.9. The first-order chi connectivity index (χ1) is 13.8. The molecule has 4 aliphatic rings. The van der Waals surface area contributed by atoms with Crippen molar-refractivity contribution in [3.8, 4) is 0 Å². The van der Waals surface area contributed by atoms with E-state index in [0.29, 0.717) is 30.5 Å². The Labute approximate surface area is 175 Å². The van der Waals surface area contributed by atoms with Crippen molar-refractivity contribution in [2.75, 3.05) is 0 Å². The largest absolute Gasteiger partial charge is 0.462 e. The Morgan fingerprint density at radius 2 is 1.86 bits per heavy atom. The predicted octanol–water partition coefficient (Wildman–Crippen LogP) is 4.98. The summed E-state index contributed by atoms with van der Waals surface area (Å²) < 4.78 is 5.80. The number of carbonyl (C=O) groups is 2. The molecule has 29 heavy (non-hydrogen) atoms. The highest BCUT2D eigenvalue weighted by molar-refractivity contribution is 5.87. The fourth-order valence-electron chi connectivity index (χ4n) is 7.25. The number of esters is 1. The molecule has 0 bridgehead atoms. The lowest BCUT2D eigenvalue weighted by molar-refractivity contribution is -0.152. The average molecular weight is 403 g/mol. The molecule has 0 radical (unpaired) electrons. The van der Waals surface area contributed by atoms with E-state index in [1.165, 1.54) is 5.57 Å². The highest BCUT2D eigenvalue weighted by atomic mass is 16.5. The summed E-state index contributed by atoms with van der Waals surface area (Å²) in [7, 11) is 0. The number of hydrogen-bond donors (Lipinski definition) is 1. The van der Waals surface area contributed by atoms with Gasteiger partial charge in [0.25, 0.3) is 0 Å². The van der Waals surface area contributed by atoms with E-state index in [4.69, 9.17) is 4.74 Å². The summed E-state index contributed by atoms with van der Waals surface area (Å²) in [4.78, 5) is 24.8. The lowest BCUT2D eigenvalue weighted by atomic mass is 9.47. The molecule has 0 aliphatic heterocycles. The van der Waals surface area contributed by atoms with E-state index < -0.39 is 6.10 Å². The quantitative estimate of drug-likeness (QED) is 0.400. The molecule has 0 aromatic rings. The lowest BCUT2D eigenvalue weighted by Crippen LogP contribution is -2.54. The van der Waals surface area contributed by atoms with E-state index in [1.54, 1.807) is 0 Å². The van der Waals surface area contributed by atoms with E-state index in [2.05, 4.69) is 26.8 Å². The Balaban J connectivity index is 1.49. The van der Waals surface area contributed by atoms with Crippen LogP contribution in [-0.4, -0.2) is 29.1 Å². The zero-order valence-corrected chi connectivity index (χ0v) is 18.4. The molecule has 0 aromatic heterocycles. The average Bonchev–Trinajstić information content (AvgIpc) is 2.98. The van der Waals surface area contributed by atoms with Crippen LogP contribution in [0.2, 0.25) is 0 Å². The first-order valence-electron chi connectivity index (χ1n) is 11.9. The third kappa shape index (κ3) is 3.49. The molecule has 0 amide bonds. The van der Waals surface area contributed by atoms with Gasteiger partial charge in [-0.25, -0.2) is 0 Å². The number of aliphatic hydroxyl groups is 1. The Kier molecular flexibility index (Phi) is 5.69. The summed E-state index contributed by atoms with van der Waals surface area (Å²) in [5.74, 6) is 1.28. The summed E-state index contributed by atoms with van der Waals surface area (Å²) in [5.41, 5.74) is 1.13. The molecule has 1 unspecified atom stereocenters. The predicted molar refractivity (Wildman–Crippen MR) is 112 cm³/mol. The van der Waals surface area contributed by atoms with Crippen molar-refractivity contribution >= 4 is 11.8 Å². The highest BCUT2D eigenvalue weighted by Gasteiger charge is 2.60. The van der Waals surface area contributed by atoms with E-state index in [1.807, 2.05) is 0 Å². The number of hydrogen-bond acceptors (Lipinski definition) is 4. The third-order valence-electron chi connectivity index (χ3n) is 9.08. The summed E-state index contributed by atoms with van der Waals surface area (Å²) in [5, 5.41) is 11.1. The molecule has 4 rings (SSSR count). The van der Waals surface area contributed by atoms with Crippen LogP contribution in [0.25, 0.3) is 0 Å². The molecule has 7 atom stereocenters. The number of aliphatic hydroxyl groups excluding tert-OH is 1. The second-order valence-corrected chi connectivity index (χ2v) is 10.6. The summed E-state index contributed by atoms with van der Waals surface area (Å²) in [6, 6.07) is 0. The smallest absolute Gasteiger partial charge is 0.306 e. The van der Waals surface area contributed by atoms with Gasteiger partial charge in [-0.15, -0.1) is 0 Å². The monoisotopic (exact) mass is 402 g/mol. The Morgan fingerprint density at radius 3 is 2.62 bits per heavy atom. The number of ether oxygens (including phenoxy) is 1. The minimum absolute atomic E-state index is 0.0471. The van der Waals surface area contributed by atoms with Gasteiger partial charge in [0.15, 0.2) is 0 Å². The Hall–Kier alpha value is -1.16. The van der Waals surface area contributed by atoms with Crippen LogP contribution in [0.3, 0.4) is 0 Å². The topological polar surface area (TPSA) is 63.6 Å². The molecule has 3 saturated carbocycles. The van der Waals surface area contributed by atoms with Gasteiger partial charge in [0.2, 0.25) is 0 Å². The maximum atomic E-state index is 12.6. The van der Waals surface area contributed by atoms with Crippen molar-refractivity contribution in [1.29, 1.82) is 0 Å². The third-order valence-corrected chi connectivity index (χ3v) is 9.08. The fraction of sp³-hybridized carbons (Fsp3) is 0.840. The first kappa shape index (κ1) is 21.1. The number of ketones is 1. The molecular formula is C25H38O4. The Morgan fingerprint density at radius 1 is 1.14 bits per heavy atom. The second-order valence-electron chi connectivity index (χ2n) is 10.6. The number of fused-ring (bicyclic) bond motifs is 5. The molecule has 3 fully saturated rings. The molecule has 0 saturated heterocycles. The molecule has 0 heterocycles. The summed E-state index contributed by atoms with van der Waals surface area (Å²) in [6.45, 7) is 6.64. The van der Waals surface area contributed by atoms with Gasteiger partial charge in [-0.05, 0) is 61.7 Å². The maximum absolute atomic E-state index is 12.6. The van der Waals surface area contributed by atoms with Crippen molar-refractivity contribution in [3.05, 3.63) is 11.6 Å². The molecule has 4 heteroatoms. The van der Waals surface area contributed by atoms with Crippen LogP contribution in [-0.2, 0) is 14.3 Å². The van der Waals surface area contributed by atoms with Crippen LogP contribution >= 0.6 is 0 Å². The van der Waals surface area contributed by atoms with E-state index in [-0.39, 0.29) is 28.8 Å². The van der Waals surface area contributed by atoms with Crippen LogP contribution < -0.4 is 0 Å². The van der Waals surface area contributed by atoms with E-state index >= 15 is 0 Å². The number of rotatable bonds is 5. The van der Waals surface area contributed by atoms with E-state index in [9.17, 15) is 14.7 Å². The van der Waals surface area contributed by atoms with Crippen molar-refractivity contribution < 1.29 is 19.4 Å². The van der Waals surface area contributed by atoms with Gasteiger partial charge in [-0.2, -0.15) is 0 Å². The molecule has 4 nitrogen and oxygen atoms in total. The minimum atomic E-state index is -0.474. The van der Waals surface area contributed by atoms with Crippen LogP contribution in [0.1, 0.15) is 91.4 Å². The van der Waals surface area contributed by atoms with Crippen molar-refractivity contribution in [2.45, 2.75) is 104 Å². The normalized spacial score (nSPS) is 43.8. The van der Waals surface area contributed by atoms with Crippen LogP contribution in [0, 0.1) is 28.6 Å². The molecule has 0 aromatic carbocycles. The van der Waals surface area contributed by atoms with Crippen molar-refractivity contribution in [3.63, 3.8) is 0 Å². The van der Waals surface area contributed by atoms with Crippen LogP contribution in [0.5, 0.6) is 0 Å². The van der Waals surface area contributed by atoms with E-state index in [0.717, 1.165) is 57.8 Å². The van der Waals surface area contributed by atoms with Crippen molar-refractivity contribution in [2.24, 2.45) is 28.6 Å². The van der Waals surface area contributed by atoms with Gasteiger partial charge in [0.05, 0.1) is 6.10 Å². The number of Topliss-reactive ketones (excluding diaryl/α,β-unsaturated/α-hetero) is 1. The maximum Gasteiger partial charge on any atom is 0.306 e. The SMILES string of the molecule is CCCCCC(=O)O[C@H]1CC[C@@]2(C)C(=CC(O)[C@@H]3[C@@H]2CC[C@]2(C)C(=O)CC[C@@H]32)C1. The second kappa shape index (κ2) is 7.83. The van der Waals surface area contributed by atoms with Gasteiger partial charge in [0, 0.05) is 24.7 Å². The van der Waals surface area contributed by atoms with Gasteiger partial charge in [-0.1, -0.05) is 45.3 Å². The number of carbonyl (C=O) groups excluding carboxylic acids is 2. The number of unbranched alkanes of at least 4 members (excludes halogenated alkanes) is 2. The fourth-order valence-corrected chi connectivity index (χ4v) is 7.25. The molecule has 4 aliphatic carbocycles. The van der Waals surface area contributed by atoms with Crippen LogP contribution in [0.15, 0.2) is 11.6 Å². The standard InChI is InChI=1S/C25H38O4/c1-4-5-6-7-22(28)29-17-10-12-24(2)16(14-17)15-20(26)23-18-8-9-21(27)25(18,3)13-11-19(23)24/h15,17-20,23,26H,4-14H2,1-3H3/t17-,18-,19-,20?,23-,24-,25-/m0/s1. The summed E-state index contributed by atoms with van der Waals surface area (Å²) >= 11 is 0. The highest BCUT2D eigenvalue weighted by Crippen LogP contribution is 2.64. The lowest BCUT2D eigenvalue weighted by Gasteiger charge is -2.58. The minimum Gasteiger partial charge on any atom is -0.462 e. The van der Waals surface area contributed by atoms with Gasteiger partial charge in [0.1, 0.15) is 11.9 Å². The van der Waals surface area contributed by atoms with Gasteiger partial charge >= 0.3 is 5.97 Å². The van der Waals surface area contributed by atoms with Gasteiger partial charge < -0.3 is 9.84 Å². The molecule has 1 N–H and O–H groups in total. The van der Waals surface area contributed by atoms with Crippen molar-refractivity contribution in [1.82, 2.24) is 0 Å². The zero-order chi connectivity index (χ0) is 20.8. The molecular weight excluding hydrogens is 364 g/mol. The van der Waals surface area contributed by atoms with Crippen LogP contribution in [0.4, 0.5) is 0 Å². The van der Waals surface area contributed by atoms with Gasteiger partial charge in [-0.3, -0.25) is 9.59 Å². The molecule has 162 valence electrons. The Bertz CT molecular complexity index is 697. The summed E-state index contributed by atoms with van der Waals surface area (Å²) in [6.07, 6.45) is 11.4. The molecule has 0 spiro atoms. The zero-order valence-electron chi connectivity index (χ0n) is 18.4.